The maximum Gasteiger partial charge on any atom is 0.238 e. The van der Waals surface area contributed by atoms with Crippen LogP contribution in [0.4, 0.5) is 11.4 Å². The Labute approximate surface area is 117 Å². The van der Waals surface area contributed by atoms with Crippen LogP contribution in [0.25, 0.3) is 0 Å². The van der Waals surface area contributed by atoms with E-state index in [4.69, 9.17) is 15.4 Å². The number of nitrogens with two attached hydrogens (primary N) is 2. The molecule has 0 saturated carbocycles. The summed E-state index contributed by atoms with van der Waals surface area (Å²) in [7, 11) is -3.76. The summed E-state index contributed by atoms with van der Waals surface area (Å²) in [4.78, 5) is 0.00737. The molecule has 0 aliphatic heterocycles. The van der Waals surface area contributed by atoms with Gasteiger partial charge in [0.1, 0.15) is 5.76 Å². The minimum Gasteiger partial charge on any atom is -0.397 e. The Bertz CT molecular complexity index is 718. The molecule has 1 aromatic heterocycles. The topological polar surface area (TPSA) is 124 Å². The monoisotopic (exact) mass is 296 g/mol. The largest absolute Gasteiger partial charge is 0.397 e. The van der Waals surface area contributed by atoms with Crippen molar-refractivity contribution in [3.8, 4) is 0 Å². The Balaban J connectivity index is 2.26. The Morgan fingerprint density at radius 1 is 1.35 bits per heavy atom. The van der Waals surface area contributed by atoms with Crippen LogP contribution in [0.1, 0.15) is 17.0 Å². The highest BCUT2D eigenvalue weighted by Crippen LogP contribution is 2.23. The number of sulfonamides is 1. The molecule has 0 unspecified atom stereocenters. The molecule has 0 atom stereocenters. The summed E-state index contributed by atoms with van der Waals surface area (Å²) in [6.45, 7) is 4.07. The van der Waals surface area contributed by atoms with Gasteiger partial charge in [-0.05, 0) is 32.0 Å². The van der Waals surface area contributed by atoms with Gasteiger partial charge in [0.05, 0.1) is 22.0 Å². The Morgan fingerprint density at radius 3 is 2.60 bits per heavy atom. The van der Waals surface area contributed by atoms with Crippen LogP contribution >= 0.6 is 0 Å². The normalized spacial score (nSPS) is 11.6. The third-order valence-corrected chi connectivity index (χ3v) is 3.90. The zero-order valence-corrected chi connectivity index (χ0v) is 12.0. The van der Waals surface area contributed by atoms with Gasteiger partial charge in [0.25, 0.3) is 0 Å². The number of aromatic nitrogens is 1. The highest BCUT2D eigenvalue weighted by atomic mass is 32.2. The van der Waals surface area contributed by atoms with Crippen LogP contribution in [-0.2, 0) is 16.6 Å². The van der Waals surface area contributed by atoms with Crippen molar-refractivity contribution < 1.29 is 12.9 Å². The Kier molecular flexibility index (Phi) is 3.69. The van der Waals surface area contributed by atoms with Crippen molar-refractivity contribution >= 4 is 21.4 Å². The fraction of sp³-hybridized carbons (Fsp3) is 0.250. The molecule has 0 spiro atoms. The molecule has 1 aromatic carbocycles. The fourth-order valence-electron chi connectivity index (χ4n) is 1.80. The molecular formula is C12H16N4O3S. The summed E-state index contributed by atoms with van der Waals surface area (Å²) in [5.74, 6) is 0.705. The number of hydrogen-bond acceptors (Lipinski definition) is 6. The van der Waals surface area contributed by atoms with E-state index in [1.165, 1.54) is 18.2 Å². The molecular weight excluding hydrogens is 280 g/mol. The predicted molar refractivity (Wildman–Crippen MR) is 75.5 cm³/mol. The van der Waals surface area contributed by atoms with Gasteiger partial charge in [0.2, 0.25) is 10.0 Å². The van der Waals surface area contributed by atoms with Crippen LogP contribution in [0.15, 0.2) is 27.6 Å². The summed E-state index contributed by atoms with van der Waals surface area (Å²) in [6, 6.07) is 4.27. The maximum absolute atomic E-state index is 11.3. The van der Waals surface area contributed by atoms with Crippen molar-refractivity contribution in [3.05, 3.63) is 35.2 Å². The summed E-state index contributed by atoms with van der Waals surface area (Å²) in [5, 5.41) is 12.0. The van der Waals surface area contributed by atoms with E-state index in [0.29, 0.717) is 23.7 Å². The first kappa shape index (κ1) is 14.4. The second-order valence-corrected chi connectivity index (χ2v) is 6.01. The lowest BCUT2D eigenvalue weighted by Crippen LogP contribution is -2.13. The predicted octanol–water partition coefficient (Wildman–Crippen LogP) is 1.13. The minimum atomic E-state index is -3.76. The molecule has 0 aliphatic rings. The van der Waals surface area contributed by atoms with Crippen LogP contribution in [0, 0.1) is 13.8 Å². The molecule has 108 valence electrons. The first-order chi connectivity index (χ1) is 9.29. The molecule has 2 aromatic rings. The molecule has 2 rings (SSSR count). The second kappa shape index (κ2) is 5.14. The van der Waals surface area contributed by atoms with E-state index in [9.17, 15) is 8.42 Å². The molecule has 8 heteroatoms. The van der Waals surface area contributed by atoms with E-state index in [2.05, 4.69) is 10.5 Å². The summed E-state index contributed by atoms with van der Waals surface area (Å²) in [5.41, 5.74) is 8.42. The third-order valence-electron chi connectivity index (χ3n) is 2.99. The number of anilines is 2. The lowest BCUT2D eigenvalue weighted by molar-refractivity contribution is 0.392. The Hall–Kier alpha value is -2.06. The van der Waals surface area contributed by atoms with E-state index >= 15 is 0 Å². The minimum absolute atomic E-state index is 0.00737. The van der Waals surface area contributed by atoms with Crippen LogP contribution in [0.2, 0.25) is 0 Å². The van der Waals surface area contributed by atoms with E-state index in [1.54, 1.807) is 6.92 Å². The number of hydrogen-bond donors (Lipinski definition) is 3. The molecule has 0 fully saturated rings. The van der Waals surface area contributed by atoms with Crippen molar-refractivity contribution in [2.75, 3.05) is 11.1 Å². The molecule has 0 saturated heterocycles. The summed E-state index contributed by atoms with van der Waals surface area (Å²) < 4.78 is 27.7. The quantitative estimate of drug-likeness (QED) is 0.726. The van der Waals surface area contributed by atoms with Crippen molar-refractivity contribution in [1.29, 1.82) is 0 Å². The summed E-state index contributed by atoms with van der Waals surface area (Å²) in [6.07, 6.45) is 0. The standard InChI is InChI=1S/C12H16N4O3S/c1-7-10(8(2)19-16-7)6-15-12-5-9(20(14,17)18)3-4-11(12)13/h3-5,15H,6,13H2,1-2H3,(H2,14,17,18). The van der Waals surface area contributed by atoms with Crippen LogP contribution in [-0.4, -0.2) is 13.6 Å². The molecule has 7 nitrogen and oxygen atoms in total. The third kappa shape index (κ3) is 2.91. The molecule has 5 N–H and O–H groups in total. The van der Waals surface area contributed by atoms with Gasteiger partial charge in [-0.15, -0.1) is 0 Å². The van der Waals surface area contributed by atoms with Gasteiger partial charge in [-0.1, -0.05) is 5.16 Å². The highest BCUT2D eigenvalue weighted by Gasteiger charge is 2.12. The summed E-state index contributed by atoms with van der Waals surface area (Å²) >= 11 is 0. The van der Waals surface area contributed by atoms with Crippen molar-refractivity contribution in [1.82, 2.24) is 5.16 Å². The SMILES string of the molecule is Cc1noc(C)c1CNc1cc(S(N)(=O)=O)ccc1N. The second-order valence-electron chi connectivity index (χ2n) is 4.45. The maximum atomic E-state index is 11.3. The average Bonchev–Trinajstić information content (AvgIpc) is 2.67. The van der Waals surface area contributed by atoms with Crippen molar-refractivity contribution in [3.63, 3.8) is 0 Å². The van der Waals surface area contributed by atoms with Gasteiger partial charge in [-0.25, -0.2) is 13.6 Å². The van der Waals surface area contributed by atoms with E-state index in [-0.39, 0.29) is 4.90 Å². The van der Waals surface area contributed by atoms with Gasteiger partial charge in [0, 0.05) is 12.1 Å². The first-order valence-corrected chi connectivity index (χ1v) is 7.41. The average molecular weight is 296 g/mol. The van der Waals surface area contributed by atoms with Gasteiger partial charge < -0.3 is 15.6 Å². The smallest absolute Gasteiger partial charge is 0.238 e. The number of benzene rings is 1. The first-order valence-electron chi connectivity index (χ1n) is 5.87. The van der Waals surface area contributed by atoms with Crippen LogP contribution in [0.3, 0.4) is 0 Å². The number of rotatable bonds is 4. The molecule has 0 amide bonds. The zero-order valence-electron chi connectivity index (χ0n) is 11.2. The van der Waals surface area contributed by atoms with E-state index < -0.39 is 10.0 Å². The Morgan fingerprint density at radius 2 is 2.05 bits per heavy atom. The lowest BCUT2D eigenvalue weighted by atomic mass is 10.2. The number of nitrogen functional groups attached to an aromatic ring is 1. The van der Waals surface area contributed by atoms with Gasteiger partial charge in [0.15, 0.2) is 0 Å². The number of nitrogens with zero attached hydrogens (tertiary/aromatic N) is 1. The zero-order chi connectivity index (χ0) is 14.9. The molecule has 1 heterocycles. The van der Waals surface area contributed by atoms with Crippen molar-refractivity contribution in [2.45, 2.75) is 25.3 Å². The lowest BCUT2D eigenvalue weighted by Gasteiger charge is -2.10. The van der Waals surface area contributed by atoms with Crippen LogP contribution in [0.5, 0.6) is 0 Å². The van der Waals surface area contributed by atoms with Crippen molar-refractivity contribution in [2.24, 2.45) is 5.14 Å². The molecule has 0 radical (unpaired) electrons. The number of primary sulfonamides is 1. The molecule has 20 heavy (non-hydrogen) atoms. The van der Waals surface area contributed by atoms with Gasteiger partial charge in [-0.2, -0.15) is 0 Å². The van der Waals surface area contributed by atoms with E-state index in [0.717, 1.165) is 11.3 Å². The van der Waals surface area contributed by atoms with Gasteiger partial charge >= 0.3 is 0 Å². The van der Waals surface area contributed by atoms with Crippen LogP contribution < -0.4 is 16.2 Å². The molecule has 0 aliphatic carbocycles. The van der Waals surface area contributed by atoms with Gasteiger partial charge in [-0.3, -0.25) is 0 Å². The number of nitrogens with one attached hydrogen (secondary N) is 1. The van der Waals surface area contributed by atoms with E-state index in [1.807, 2.05) is 6.92 Å². The highest BCUT2D eigenvalue weighted by molar-refractivity contribution is 7.89. The number of aryl methyl sites for hydroxylation is 2. The fourth-order valence-corrected chi connectivity index (χ4v) is 2.34. The molecule has 0 bridgehead atoms.